The Hall–Kier alpha value is -2.61. The number of allylic oxidation sites excluding steroid dienone is 1. The number of hydrogen-bond acceptors (Lipinski definition) is 2. The SMILES string of the molecule is CCN(CC)[P@](/C=C1\N(C)c2ccccc2C1(C)C)(=Nc1ccccc1)c1ccccc1. The van der Waals surface area contributed by atoms with Gasteiger partial charge in [0.05, 0.1) is 12.9 Å². The van der Waals surface area contributed by atoms with E-state index in [1.807, 2.05) is 0 Å². The van der Waals surface area contributed by atoms with Crippen LogP contribution in [0.15, 0.2) is 101 Å². The number of rotatable bonds is 6. The fraction of sp³-hybridized carbons (Fsp3) is 0.286. The molecule has 1 heterocycles. The van der Waals surface area contributed by atoms with Gasteiger partial charge in [-0.1, -0.05) is 94.4 Å². The molecule has 1 aliphatic rings. The lowest BCUT2D eigenvalue weighted by molar-refractivity contribution is 0.508. The second-order valence-corrected chi connectivity index (χ2v) is 11.6. The normalized spacial score (nSPS) is 17.9. The lowest BCUT2D eigenvalue weighted by atomic mass is 9.84. The molecule has 0 amide bonds. The Balaban J connectivity index is 2.06. The molecule has 3 aromatic rings. The molecule has 0 radical (unpaired) electrons. The van der Waals surface area contributed by atoms with Crippen molar-refractivity contribution in [1.29, 1.82) is 0 Å². The first kappa shape index (κ1) is 22.6. The minimum atomic E-state index is -2.22. The maximum Gasteiger partial charge on any atom is 0.0897 e. The predicted octanol–water partition coefficient (Wildman–Crippen LogP) is 7.37. The smallest absolute Gasteiger partial charge is 0.0897 e. The first-order chi connectivity index (χ1) is 15.4. The molecule has 1 atom stereocenters. The van der Waals surface area contributed by atoms with Crippen LogP contribution in [0.1, 0.15) is 33.3 Å². The van der Waals surface area contributed by atoms with Crippen LogP contribution in [0.2, 0.25) is 0 Å². The van der Waals surface area contributed by atoms with Crippen LogP contribution in [-0.2, 0) is 5.41 Å². The zero-order chi connectivity index (χ0) is 22.8. The van der Waals surface area contributed by atoms with Crippen molar-refractivity contribution < 1.29 is 0 Å². The highest BCUT2D eigenvalue weighted by atomic mass is 31.2. The van der Waals surface area contributed by atoms with Crippen molar-refractivity contribution in [2.75, 3.05) is 25.0 Å². The van der Waals surface area contributed by atoms with E-state index in [0.29, 0.717) is 0 Å². The van der Waals surface area contributed by atoms with Gasteiger partial charge in [-0.15, -0.1) is 0 Å². The molecule has 3 nitrogen and oxygen atoms in total. The molecule has 0 aliphatic carbocycles. The van der Waals surface area contributed by atoms with E-state index in [0.717, 1.165) is 18.8 Å². The van der Waals surface area contributed by atoms with Crippen molar-refractivity contribution in [2.24, 2.45) is 4.74 Å². The summed E-state index contributed by atoms with van der Waals surface area (Å²) in [4.78, 5) is 2.37. The highest BCUT2D eigenvalue weighted by Gasteiger charge is 2.40. The van der Waals surface area contributed by atoms with Crippen molar-refractivity contribution >= 4 is 23.9 Å². The summed E-state index contributed by atoms with van der Waals surface area (Å²) in [7, 11) is -0.0226. The van der Waals surface area contributed by atoms with Gasteiger partial charge >= 0.3 is 0 Å². The molecule has 32 heavy (non-hydrogen) atoms. The second-order valence-electron chi connectivity index (χ2n) is 8.77. The Labute approximate surface area is 193 Å². The monoisotopic (exact) mass is 443 g/mol. The molecule has 4 rings (SSSR count). The standard InChI is InChI=1S/C28H34N3P/c1-6-31(7-2)32(24-18-12-9-13-19-24,29-23-16-10-8-11-17-23)22-27-28(3,4)25-20-14-15-21-26(25)30(27)5/h8-22H,6-7H2,1-5H3/b27-22-/t32-/m0/s1. The van der Waals surface area contributed by atoms with Crippen LogP contribution in [0.4, 0.5) is 11.4 Å². The van der Waals surface area contributed by atoms with Gasteiger partial charge in [-0.3, -0.25) is 4.67 Å². The summed E-state index contributed by atoms with van der Waals surface area (Å²) in [5, 5.41) is 1.29. The van der Waals surface area contributed by atoms with Crippen molar-refractivity contribution in [2.45, 2.75) is 33.1 Å². The second kappa shape index (κ2) is 9.10. The van der Waals surface area contributed by atoms with Gasteiger partial charge in [-0.25, -0.2) is 4.74 Å². The fourth-order valence-electron chi connectivity index (χ4n) is 4.84. The summed E-state index contributed by atoms with van der Waals surface area (Å²) in [5.41, 5.74) is 4.92. The Kier molecular flexibility index (Phi) is 6.42. The Morgan fingerprint density at radius 1 is 0.844 bits per heavy atom. The van der Waals surface area contributed by atoms with Gasteiger partial charge in [0.2, 0.25) is 0 Å². The minimum Gasteiger partial charge on any atom is -0.347 e. The van der Waals surface area contributed by atoms with Crippen molar-refractivity contribution in [3.63, 3.8) is 0 Å². The van der Waals surface area contributed by atoms with Gasteiger partial charge in [0, 0.05) is 42.2 Å². The minimum absolute atomic E-state index is 0.0925. The molecule has 0 saturated heterocycles. The third-order valence-electron chi connectivity index (χ3n) is 6.56. The molecule has 0 bridgehead atoms. The number of anilines is 1. The van der Waals surface area contributed by atoms with E-state index in [-0.39, 0.29) is 5.41 Å². The Bertz CT molecular complexity index is 1150. The highest BCUT2D eigenvalue weighted by molar-refractivity contribution is 7.74. The molecule has 0 N–H and O–H groups in total. The maximum absolute atomic E-state index is 5.56. The Morgan fingerprint density at radius 3 is 2.00 bits per heavy atom. The molecular weight excluding hydrogens is 409 g/mol. The van der Waals surface area contributed by atoms with E-state index in [1.165, 1.54) is 22.3 Å². The molecule has 0 unspecified atom stereocenters. The topological polar surface area (TPSA) is 18.8 Å². The fourth-order valence-corrected chi connectivity index (χ4v) is 8.58. The summed E-state index contributed by atoms with van der Waals surface area (Å²) >= 11 is 0. The molecule has 0 aromatic heterocycles. The van der Waals surface area contributed by atoms with Gasteiger partial charge in [0.15, 0.2) is 0 Å². The zero-order valence-electron chi connectivity index (χ0n) is 19.9. The van der Waals surface area contributed by atoms with Crippen molar-refractivity contribution in [3.05, 3.63) is 102 Å². The van der Waals surface area contributed by atoms with E-state index in [1.54, 1.807) is 0 Å². The predicted molar refractivity (Wildman–Crippen MR) is 140 cm³/mol. The Morgan fingerprint density at radius 2 is 1.41 bits per heavy atom. The van der Waals surface area contributed by atoms with Crippen LogP contribution in [-0.4, -0.2) is 24.8 Å². The molecule has 3 aromatic carbocycles. The largest absolute Gasteiger partial charge is 0.347 e. The number of para-hydroxylation sites is 1. The average Bonchev–Trinajstić information content (AvgIpc) is 3.01. The first-order valence-corrected chi connectivity index (χ1v) is 13.2. The zero-order valence-corrected chi connectivity index (χ0v) is 20.8. The molecule has 166 valence electrons. The van der Waals surface area contributed by atoms with Crippen LogP contribution in [0.25, 0.3) is 0 Å². The summed E-state index contributed by atoms with van der Waals surface area (Å²) in [6.45, 7) is 11.1. The summed E-state index contributed by atoms with van der Waals surface area (Å²) in [6.07, 6.45) is 0. The van der Waals surface area contributed by atoms with Gasteiger partial charge in [0.25, 0.3) is 0 Å². The summed E-state index contributed by atoms with van der Waals surface area (Å²) < 4.78 is 8.13. The van der Waals surface area contributed by atoms with E-state index in [4.69, 9.17) is 4.74 Å². The average molecular weight is 444 g/mol. The van der Waals surface area contributed by atoms with Crippen LogP contribution in [0.5, 0.6) is 0 Å². The van der Waals surface area contributed by atoms with Gasteiger partial charge in [-0.05, 0) is 29.6 Å². The maximum atomic E-state index is 5.56. The van der Waals surface area contributed by atoms with E-state index < -0.39 is 7.21 Å². The lowest BCUT2D eigenvalue weighted by Crippen LogP contribution is -2.28. The first-order valence-electron chi connectivity index (χ1n) is 11.5. The molecule has 0 saturated carbocycles. The van der Waals surface area contributed by atoms with Crippen molar-refractivity contribution in [3.8, 4) is 0 Å². The van der Waals surface area contributed by atoms with E-state index in [2.05, 4.69) is 135 Å². The number of likely N-dealkylation sites (N-methyl/N-ethyl adjacent to an activating group) is 1. The number of benzene rings is 3. The van der Waals surface area contributed by atoms with E-state index >= 15 is 0 Å². The van der Waals surface area contributed by atoms with E-state index in [9.17, 15) is 0 Å². The highest BCUT2D eigenvalue weighted by Crippen LogP contribution is 2.59. The van der Waals surface area contributed by atoms with Crippen LogP contribution in [0, 0.1) is 0 Å². The van der Waals surface area contributed by atoms with Gasteiger partial charge in [0.1, 0.15) is 0 Å². The van der Waals surface area contributed by atoms with Gasteiger partial charge in [-0.2, -0.15) is 0 Å². The number of nitrogens with zero attached hydrogens (tertiary/aromatic N) is 3. The molecule has 0 fully saturated rings. The molecule has 4 heteroatoms. The van der Waals surface area contributed by atoms with Crippen molar-refractivity contribution in [1.82, 2.24) is 4.67 Å². The van der Waals surface area contributed by atoms with Crippen LogP contribution in [0.3, 0.4) is 0 Å². The molecular formula is C28H34N3P. The number of fused-ring (bicyclic) bond motifs is 1. The summed E-state index contributed by atoms with van der Waals surface area (Å²) in [6, 6.07) is 30.1. The van der Waals surface area contributed by atoms with Gasteiger partial charge < -0.3 is 4.90 Å². The number of hydrogen-bond donors (Lipinski definition) is 0. The summed E-state index contributed by atoms with van der Waals surface area (Å²) in [5.74, 6) is 2.52. The molecule has 1 aliphatic heterocycles. The quantitative estimate of drug-likeness (QED) is 0.370. The third kappa shape index (κ3) is 3.85. The molecule has 0 spiro atoms. The van der Waals surface area contributed by atoms with Crippen LogP contribution >= 0.6 is 7.21 Å². The lowest BCUT2D eigenvalue weighted by Gasteiger charge is -2.36. The third-order valence-corrected chi connectivity index (χ3v) is 10.2. The van der Waals surface area contributed by atoms with Crippen LogP contribution < -0.4 is 10.2 Å².